The van der Waals surface area contributed by atoms with E-state index in [1.165, 1.54) is 24.3 Å². The fraction of sp³-hybridized carbons (Fsp3) is 0. The molecule has 8 N–H and O–H groups in total. The van der Waals surface area contributed by atoms with Crippen LogP contribution in [0.1, 0.15) is 73.3 Å². The lowest BCUT2D eigenvalue weighted by Gasteiger charge is -2.09. The molecule has 0 aromatic heterocycles. The number of anilines is 4. The summed E-state index contributed by atoms with van der Waals surface area (Å²) < 4.78 is 30.7. The zero-order valence-electron chi connectivity index (χ0n) is 40.8. The molecular formula is C62H42N4O12. The second-order valence-electron chi connectivity index (χ2n) is 17.0. The quantitative estimate of drug-likeness (QED) is 0.0380. The van der Waals surface area contributed by atoms with E-state index in [9.17, 15) is 28.8 Å². The van der Waals surface area contributed by atoms with Gasteiger partial charge in [0, 0.05) is 58.1 Å². The van der Waals surface area contributed by atoms with Crippen LogP contribution in [0.3, 0.4) is 0 Å². The molecule has 0 unspecified atom stereocenters. The van der Waals surface area contributed by atoms with Gasteiger partial charge in [-0.05, 0) is 139 Å². The molecule has 0 bridgehead atoms. The number of hydrogen-bond donors (Lipinski definition) is 4. The Morgan fingerprint density at radius 1 is 0.269 bits per heavy atom. The largest absolute Gasteiger partial charge is 0.457 e. The van der Waals surface area contributed by atoms with Crippen molar-refractivity contribution in [2.75, 3.05) is 22.9 Å². The van der Waals surface area contributed by atoms with Crippen molar-refractivity contribution in [3.8, 4) is 57.5 Å². The van der Waals surface area contributed by atoms with E-state index >= 15 is 0 Å². The highest BCUT2D eigenvalue weighted by Crippen LogP contribution is 2.32. The molecule has 3 aliphatic heterocycles. The molecule has 9 aromatic carbocycles. The minimum absolute atomic E-state index is 0.182. The Balaban J connectivity index is 0.000000128. The van der Waals surface area contributed by atoms with E-state index in [-0.39, 0.29) is 27.8 Å². The standard InChI is InChI=1S/C18H16N2O2.C16H6O6.C16H8O3.C12H12N2O/c19-13-4-1-6-15(10-13)21-17-8-3-9-18(12-17)22-16-7-2-5-14(20)11-16;17-13-9-3-1-7(5-11(9)15(19)21-13)8-2-4-10-12(6-8)16(20)22-14(10)18;17-15-13-9-8-12(10-14(13)16(18)19-15)7-6-11-4-2-1-3-5-11;13-9-4-6-11(7-5-9)15-12-3-1-2-10(14)8-12/h1-12H,19-20H2;1-6H;1-5,8-10H;1-8H,13-14H2. The molecule has 16 nitrogen and oxygen atoms in total. The second kappa shape index (κ2) is 23.2. The highest BCUT2D eigenvalue weighted by atomic mass is 16.6. The summed E-state index contributed by atoms with van der Waals surface area (Å²) >= 11 is 0. The Kier molecular flexibility index (Phi) is 15.3. The number of ether oxygens (including phenoxy) is 6. The lowest BCUT2D eigenvalue weighted by atomic mass is 9.97. The maximum Gasteiger partial charge on any atom is 0.346 e. The first kappa shape index (κ1) is 51.5. The van der Waals surface area contributed by atoms with E-state index in [0.29, 0.717) is 62.3 Å². The summed E-state index contributed by atoms with van der Waals surface area (Å²) in [6.45, 7) is 0. The van der Waals surface area contributed by atoms with Gasteiger partial charge in [-0.2, -0.15) is 0 Å². The molecule has 0 radical (unpaired) electrons. The minimum atomic E-state index is -0.697. The minimum Gasteiger partial charge on any atom is -0.457 e. The van der Waals surface area contributed by atoms with Crippen molar-refractivity contribution in [2.45, 2.75) is 0 Å². The Labute approximate surface area is 445 Å². The van der Waals surface area contributed by atoms with Crippen molar-refractivity contribution >= 4 is 58.6 Å². The van der Waals surface area contributed by atoms with E-state index < -0.39 is 35.8 Å². The molecule has 78 heavy (non-hydrogen) atoms. The summed E-state index contributed by atoms with van der Waals surface area (Å²) in [5.41, 5.74) is 29.6. The van der Waals surface area contributed by atoms with Gasteiger partial charge >= 0.3 is 35.8 Å². The summed E-state index contributed by atoms with van der Waals surface area (Å²) in [6.07, 6.45) is 0. The second-order valence-corrected chi connectivity index (χ2v) is 17.0. The van der Waals surface area contributed by atoms with Crippen molar-refractivity contribution in [1.29, 1.82) is 0 Å². The molecule has 12 rings (SSSR count). The zero-order chi connectivity index (χ0) is 54.7. The van der Waals surface area contributed by atoms with Gasteiger partial charge in [-0.15, -0.1) is 0 Å². The van der Waals surface area contributed by atoms with Crippen LogP contribution in [0, 0.1) is 11.8 Å². The van der Waals surface area contributed by atoms with Crippen molar-refractivity contribution in [3.63, 3.8) is 0 Å². The van der Waals surface area contributed by atoms with Crippen molar-refractivity contribution < 1.29 is 57.2 Å². The van der Waals surface area contributed by atoms with E-state index in [4.69, 9.17) is 37.1 Å². The van der Waals surface area contributed by atoms with Crippen LogP contribution in [0.15, 0.2) is 206 Å². The van der Waals surface area contributed by atoms with Crippen LogP contribution >= 0.6 is 0 Å². The molecule has 16 heteroatoms. The molecule has 0 saturated carbocycles. The number of benzene rings is 9. The summed E-state index contributed by atoms with van der Waals surface area (Å²) in [5, 5.41) is 0. The van der Waals surface area contributed by atoms with Gasteiger partial charge in [0.25, 0.3) is 0 Å². The molecule has 3 heterocycles. The number of esters is 6. The van der Waals surface area contributed by atoms with Gasteiger partial charge in [0.05, 0.1) is 33.4 Å². The topological polar surface area (TPSA) is 262 Å². The third-order valence-corrected chi connectivity index (χ3v) is 11.4. The molecular weight excluding hydrogens is 993 g/mol. The van der Waals surface area contributed by atoms with E-state index in [2.05, 4.69) is 26.1 Å². The highest BCUT2D eigenvalue weighted by molar-refractivity contribution is 6.17. The number of carbonyl (C=O) groups excluding carboxylic acids is 6. The molecule has 9 aromatic rings. The van der Waals surface area contributed by atoms with Crippen molar-refractivity contribution in [3.05, 3.63) is 251 Å². The van der Waals surface area contributed by atoms with Crippen LogP contribution in [0.2, 0.25) is 0 Å². The number of fused-ring (bicyclic) bond motifs is 3. The number of carbonyl (C=O) groups is 6. The van der Waals surface area contributed by atoms with Crippen LogP contribution in [0.5, 0.6) is 34.5 Å². The maximum absolute atomic E-state index is 11.6. The van der Waals surface area contributed by atoms with Gasteiger partial charge in [-0.25, -0.2) is 28.8 Å². The maximum atomic E-state index is 11.6. The molecule has 0 saturated heterocycles. The van der Waals surface area contributed by atoms with Gasteiger partial charge in [0.15, 0.2) is 0 Å². The molecule has 0 atom stereocenters. The van der Waals surface area contributed by atoms with Crippen LogP contribution in [0.25, 0.3) is 11.1 Å². The Bertz CT molecular complexity index is 3750. The van der Waals surface area contributed by atoms with Crippen LogP contribution in [-0.4, -0.2) is 35.8 Å². The first-order valence-corrected chi connectivity index (χ1v) is 23.6. The summed E-state index contributed by atoms with van der Waals surface area (Å²) in [7, 11) is 0. The van der Waals surface area contributed by atoms with Gasteiger partial charge in [0.1, 0.15) is 34.5 Å². The predicted molar refractivity (Wildman–Crippen MR) is 290 cm³/mol. The Morgan fingerprint density at radius 3 is 1.06 bits per heavy atom. The molecule has 0 amide bonds. The monoisotopic (exact) mass is 1030 g/mol. The van der Waals surface area contributed by atoms with Gasteiger partial charge in [-0.1, -0.05) is 66.4 Å². The number of hydrogen-bond acceptors (Lipinski definition) is 16. The van der Waals surface area contributed by atoms with Crippen molar-refractivity contribution in [1.82, 2.24) is 0 Å². The van der Waals surface area contributed by atoms with Crippen LogP contribution in [0.4, 0.5) is 22.7 Å². The van der Waals surface area contributed by atoms with Gasteiger partial charge in [-0.3, -0.25) is 0 Å². The average Bonchev–Trinajstić information content (AvgIpc) is 4.02. The molecule has 0 aliphatic carbocycles. The van der Waals surface area contributed by atoms with E-state index in [1.54, 1.807) is 60.7 Å². The molecule has 3 aliphatic rings. The smallest absolute Gasteiger partial charge is 0.346 e. The Morgan fingerprint density at radius 2 is 0.628 bits per heavy atom. The highest BCUT2D eigenvalue weighted by Gasteiger charge is 2.32. The fourth-order valence-electron chi connectivity index (χ4n) is 7.64. The van der Waals surface area contributed by atoms with Gasteiger partial charge < -0.3 is 51.4 Å². The Hall–Kier alpha value is -11.4. The third kappa shape index (κ3) is 12.8. The predicted octanol–water partition coefficient (Wildman–Crippen LogP) is 11.5. The number of cyclic esters (lactones) is 6. The van der Waals surface area contributed by atoms with Crippen LogP contribution < -0.4 is 37.1 Å². The van der Waals surface area contributed by atoms with E-state index in [0.717, 1.165) is 22.7 Å². The summed E-state index contributed by atoms with van der Waals surface area (Å²) in [5.74, 6) is 6.19. The zero-order valence-corrected chi connectivity index (χ0v) is 40.8. The lowest BCUT2D eigenvalue weighted by Crippen LogP contribution is -1.97. The molecule has 0 spiro atoms. The normalized spacial score (nSPS) is 12.2. The SMILES string of the molecule is Nc1ccc(Oc2cccc(N)c2)cc1.Nc1cccc(Oc2cccc(Oc3cccc(N)c3)c2)c1.O=C1OC(=O)c2cc(-c3ccc4c(c3)C(=O)OC4=O)ccc21.O=C1OC(=O)c2cc(C#Cc3ccccc3)ccc21. The number of rotatable bonds is 7. The first-order chi connectivity index (χ1) is 37.7. The van der Waals surface area contributed by atoms with Crippen LogP contribution in [-0.2, 0) is 14.2 Å². The number of nitrogens with two attached hydrogens (primary N) is 4. The first-order valence-electron chi connectivity index (χ1n) is 23.6. The van der Waals surface area contributed by atoms with Crippen molar-refractivity contribution in [2.24, 2.45) is 0 Å². The van der Waals surface area contributed by atoms with E-state index in [1.807, 2.05) is 121 Å². The fourth-order valence-corrected chi connectivity index (χ4v) is 7.64. The number of nitrogen functional groups attached to an aromatic ring is 4. The third-order valence-electron chi connectivity index (χ3n) is 11.4. The summed E-state index contributed by atoms with van der Waals surface area (Å²) in [4.78, 5) is 68.7. The average molecular weight is 1040 g/mol. The summed E-state index contributed by atoms with van der Waals surface area (Å²) in [6, 6.07) is 60.2. The lowest BCUT2D eigenvalue weighted by molar-refractivity contribution is 0.0425. The molecule has 382 valence electrons. The molecule has 0 fully saturated rings. The van der Waals surface area contributed by atoms with Gasteiger partial charge in [0.2, 0.25) is 0 Å².